The number of hydrogen-bond donors (Lipinski definition) is 1. The Morgan fingerprint density at radius 3 is 2.37 bits per heavy atom. The molecule has 1 N–H and O–H groups in total. The van der Waals surface area contributed by atoms with E-state index in [9.17, 15) is 9.18 Å². The summed E-state index contributed by atoms with van der Waals surface area (Å²) in [6.45, 7) is 8.66. The highest BCUT2D eigenvalue weighted by molar-refractivity contribution is 7.98. The molecule has 3 aromatic carbocycles. The van der Waals surface area contributed by atoms with Crippen molar-refractivity contribution in [1.29, 1.82) is 0 Å². The molecule has 0 radical (unpaired) electrons. The molecular formula is C32H35Cl2FN4OS. The highest BCUT2D eigenvalue weighted by Crippen LogP contribution is 2.33. The molecular weight excluding hydrogens is 578 g/mol. The van der Waals surface area contributed by atoms with Crippen LogP contribution in [-0.2, 0) is 17.0 Å². The average molecular weight is 614 g/mol. The number of aromatic nitrogens is 3. The molecule has 41 heavy (non-hydrogen) atoms. The van der Waals surface area contributed by atoms with Crippen molar-refractivity contribution in [3.63, 3.8) is 0 Å². The second-order valence-electron chi connectivity index (χ2n) is 11.6. The predicted octanol–water partition coefficient (Wildman–Crippen LogP) is 8.87. The van der Waals surface area contributed by atoms with Crippen LogP contribution in [0.25, 0.3) is 5.69 Å². The smallest absolute Gasteiger partial charge is 0.220 e. The summed E-state index contributed by atoms with van der Waals surface area (Å²) in [4.78, 5) is 13.4. The van der Waals surface area contributed by atoms with Crippen molar-refractivity contribution in [2.24, 2.45) is 11.3 Å². The van der Waals surface area contributed by atoms with Crippen LogP contribution in [0.4, 0.5) is 4.39 Å². The minimum absolute atomic E-state index is 0.0417. The van der Waals surface area contributed by atoms with Crippen LogP contribution in [0.5, 0.6) is 0 Å². The largest absolute Gasteiger partial charge is 0.346 e. The van der Waals surface area contributed by atoms with E-state index >= 15 is 0 Å². The fourth-order valence-electron chi connectivity index (χ4n) is 4.96. The van der Waals surface area contributed by atoms with Crippen molar-refractivity contribution in [2.75, 3.05) is 0 Å². The zero-order valence-corrected chi connectivity index (χ0v) is 26.0. The van der Waals surface area contributed by atoms with Crippen molar-refractivity contribution in [1.82, 2.24) is 20.1 Å². The summed E-state index contributed by atoms with van der Waals surface area (Å²) in [7, 11) is 0. The minimum atomic E-state index is -0.467. The topological polar surface area (TPSA) is 59.8 Å². The van der Waals surface area contributed by atoms with E-state index in [-0.39, 0.29) is 23.1 Å². The average Bonchev–Trinajstić information content (AvgIpc) is 3.31. The van der Waals surface area contributed by atoms with Gasteiger partial charge in [0, 0.05) is 17.2 Å². The van der Waals surface area contributed by atoms with Gasteiger partial charge in [-0.2, -0.15) is 0 Å². The molecule has 0 saturated carbocycles. The Bertz CT molecular complexity index is 1460. The lowest BCUT2D eigenvalue weighted by Crippen LogP contribution is -2.33. The lowest BCUT2D eigenvalue weighted by Gasteiger charge is -2.24. The molecule has 1 aromatic heterocycles. The molecule has 5 nitrogen and oxygen atoms in total. The predicted molar refractivity (Wildman–Crippen MR) is 166 cm³/mol. The molecule has 2 atom stereocenters. The Labute approximate surface area is 255 Å². The lowest BCUT2D eigenvalue weighted by molar-refractivity contribution is -0.122. The molecule has 4 aromatic rings. The zero-order chi connectivity index (χ0) is 29.6. The van der Waals surface area contributed by atoms with Gasteiger partial charge in [-0.05, 0) is 65.6 Å². The normalized spacial score (nSPS) is 13.1. The van der Waals surface area contributed by atoms with Crippen LogP contribution in [0.2, 0.25) is 10.0 Å². The molecule has 0 aliphatic rings. The number of hydrogen-bond acceptors (Lipinski definition) is 4. The first-order valence-electron chi connectivity index (χ1n) is 13.6. The first-order chi connectivity index (χ1) is 19.5. The molecule has 0 bridgehead atoms. The van der Waals surface area contributed by atoms with E-state index in [0.717, 1.165) is 17.5 Å². The first-order valence-corrected chi connectivity index (χ1v) is 15.3. The first kappa shape index (κ1) is 31.1. The number of carbonyl (C=O) groups excluding carboxylic acids is 1. The molecule has 0 saturated heterocycles. The summed E-state index contributed by atoms with van der Waals surface area (Å²) in [6.07, 6.45) is 1.86. The maximum Gasteiger partial charge on any atom is 0.220 e. The number of nitrogens with zero attached hydrogens (tertiary/aromatic N) is 3. The Hall–Kier alpha value is -2.87. The van der Waals surface area contributed by atoms with Crippen LogP contribution in [0.3, 0.4) is 0 Å². The third-order valence-corrected chi connectivity index (χ3v) is 8.05. The van der Waals surface area contributed by atoms with Crippen LogP contribution in [0.1, 0.15) is 63.5 Å². The fourth-order valence-corrected chi connectivity index (χ4v) is 6.36. The maximum atomic E-state index is 13.5. The van der Waals surface area contributed by atoms with Gasteiger partial charge in [0.2, 0.25) is 5.91 Å². The molecule has 1 amide bonds. The quantitative estimate of drug-likeness (QED) is 0.172. The minimum Gasteiger partial charge on any atom is -0.346 e. The highest BCUT2D eigenvalue weighted by Gasteiger charge is 2.27. The molecule has 1 heterocycles. The molecule has 0 fully saturated rings. The van der Waals surface area contributed by atoms with Gasteiger partial charge < -0.3 is 5.32 Å². The second-order valence-corrected chi connectivity index (χ2v) is 13.4. The number of nitrogens with one attached hydrogen (secondary N) is 1. The fraction of sp³-hybridized carbons (Fsp3) is 0.344. The SMILES string of the molecule is CC(CC(=O)NC(Cc1ccccc1)c1nnc(SCc2ccc(F)cc2)n1-c1ccc(Cl)cc1Cl)CC(C)(C)C. The van der Waals surface area contributed by atoms with Gasteiger partial charge in [-0.15, -0.1) is 10.2 Å². The molecule has 0 aliphatic carbocycles. The Balaban J connectivity index is 1.71. The van der Waals surface area contributed by atoms with E-state index in [1.54, 1.807) is 24.3 Å². The van der Waals surface area contributed by atoms with E-state index in [2.05, 4.69) is 43.2 Å². The van der Waals surface area contributed by atoms with Gasteiger partial charge in [0.1, 0.15) is 5.82 Å². The van der Waals surface area contributed by atoms with E-state index in [0.29, 0.717) is 45.3 Å². The number of benzene rings is 3. The van der Waals surface area contributed by atoms with Gasteiger partial charge in [-0.25, -0.2) is 4.39 Å². The van der Waals surface area contributed by atoms with Crippen molar-refractivity contribution in [3.05, 3.63) is 106 Å². The van der Waals surface area contributed by atoms with Gasteiger partial charge in [0.25, 0.3) is 0 Å². The third kappa shape index (κ3) is 9.06. The molecule has 216 valence electrons. The number of thioether (sulfide) groups is 1. The number of rotatable bonds is 11. The van der Waals surface area contributed by atoms with Crippen LogP contribution in [0, 0.1) is 17.2 Å². The second kappa shape index (κ2) is 13.9. The van der Waals surface area contributed by atoms with Crippen molar-refractivity contribution in [3.8, 4) is 5.69 Å². The molecule has 0 spiro atoms. The molecule has 4 rings (SSSR count). The summed E-state index contributed by atoms with van der Waals surface area (Å²) in [6, 6.07) is 21.1. The van der Waals surface area contributed by atoms with Crippen LogP contribution in [0.15, 0.2) is 78.0 Å². The highest BCUT2D eigenvalue weighted by atomic mass is 35.5. The van der Waals surface area contributed by atoms with Crippen molar-refractivity contribution >= 4 is 40.9 Å². The monoisotopic (exact) mass is 612 g/mol. The summed E-state index contributed by atoms with van der Waals surface area (Å²) >= 11 is 14.4. The summed E-state index contributed by atoms with van der Waals surface area (Å²) in [5.74, 6) is 1.01. The summed E-state index contributed by atoms with van der Waals surface area (Å²) in [5.41, 5.74) is 2.78. The van der Waals surface area contributed by atoms with E-state index in [1.165, 1.54) is 23.9 Å². The van der Waals surface area contributed by atoms with E-state index in [1.807, 2.05) is 41.0 Å². The number of carbonyl (C=O) groups is 1. The van der Waals surface area contributed by atoms with Crippen LogP contribution < -0.4 is 5.32 Å². The van der Waals surface area contributed by atoms with Gasteiger partial charge in [0.05, 0.1) is 16.8 Å². The summed E-state index contributed by atoms with van der Waals surface area (Å²) < 4.78 is 15.3. The van der Waals surface area contributed by atoms with E-state index < -0.39 is 6.04 Å². The van der Waals surface area contributed by atoms with Gasteiger partial charge in [0.15, 0.2) is 11.0 Å². The molecule has 0 aliphatic heterocycles. The Morgan fingerprint density at radius 1 is 1.00 bits per heavy atom. The van der Waals surface area contributed by atoms with Gasteiger partial charge in [-0.1, -0.05) is 105 Å². The molecule has 9 heteroatoms. The third-order valence-electron chi connectivity index (χ3n) is 6.51. The number of amides is 1. The standard InChI is InChI=1S/C32H35Cl2FN4OS/c1-21(19-32(2,3)4)16-29(40)36-27(17-22-8-6-5-7-9-22)30-37-38-31(41-20-23-10-13-25(35)14-11-23)39(30)28-15-12-24(33)18-26(28)34/h5-15,18,21,27H,16-17,19-20H2,1-4H3,(H,36,40). The van der Waals surface area contributed by atoms with Gasteiger partial charge in [-0.3, -0.25) is 9.36 Å². The zero-order valence-electron chi connectivity index (χ0n) is 23.7. The van der Waals surface area contributed by atoms with Crippen LogP contribution in [-0.4, -0.2) is 20.7 Å². The maximum absolute atomic E-state index is 13.5. The summed E-state index contributed by atoms with van der Waals surface area (Å²) in [5, 5.41) is 13.9. The number of halogens is 3. The van der Waals surface area contributed by atoms with Crippen molar-refractivity contribution < 1.29 is 9.18 Å². The van der Waals surface area contributed by atoms with Crippen molar-refractivity contribution in [2.45, 2.75) is 63.9 Å². The van der Waals surface area contributed by atoms with E-state index in [4.69, 9.17) is 23.2 Å². The Morgan fingerprint density at radius 2 is 1.71 bits per heavy atom. The lowest BCUT2D eigenvalue weighted by atomic mass is 9.84. The van der Waals surface area contributed by atoms with Crippen LogP contribution >= 0.6 is 35.0 Å². The molecule has 2 unspecified atom stereocenters. The Kier molecular flexibility index (Phi) is 10.5. The van der Waals surface area contributed by atoms with Gasteiger partial charge >= 0.3 is 0 Å².